The maximum absolute atomic E-state index is 12.5. The molecule has 2 N–H and O–H groups in total. The lowest BCUT2D eigenvalue weighted by atomic mass is 10.1. The van der Waals surface area contributed by atoms with Crippen LogP contribution in [0.2, 0.25) is 0 Å². The van der Waals surface area contributed by atoms with E-state index in [1.807, 2.05) is 81.7 Å². The fourth-order valence-corrected chi connectivity index (χ4v) is 4.12. The Hall–Kier alpha value is -3.49. The summed E-state index contributed by atoms with van der Waals surface area (Å²) in [4.78, 5) is 19.1. The van der Waals surface area contributed by atoms with Crippen LogP contribution in [-0.4, -0.2) is 48.7 Å². The number of nitrogens with zero attached hydrogens (tertiary/aromatic N) is 3. The maximum atomic E-state index is 12.5. The van der Waals surface area contributed by atoms with E-state index in [4.69, 9.17) is 4.42 Å². The summed E-state index contributed by atoms with van der Waals surface area (Å²) < 4.78 is 7.12. The number of thiazole rings is 1. The fourth-order valence-electron chi connectivity index (χ4n) is 3.31. The minimum atomic E-state index is -0.0832. The molecule has 170 valence electrons. The number of hydrazone groups is 1. The Balaban J connectivity index is 1.41. The van der Waals surface area contributed by atoms with Gasteiger partial charge in [-0.2, -0.15) is 5.10 Å². The molecule has 2 aromatic heterocycles. The number of rotatable bonds is 9. The van der Waals surface area contributed by atoms with E-state index < -0.39 is 0 Å². The monoisotopic (exact) mass is 461 g/mol. The number of benzene rings is 2. The topological polar surface area (TPSA) is 82.8 Å². The lowest BCUT2D eigenvalue weighted by Crippen LogP contribution is -2.27. The van der Waals surface area contributed by atoms with Gasteiger partial charge in [0.05, 0.1) is 10.2 Å². The Morgan fingerprint density at radius 2 is 1.97 bits per heavy atom. The van der Waals surface area contributed by atoms with Crippen molar-refractivity contribution in [1.29, 1.82) is 0 Å². The SMILES string of the molecule is C/C(=N/Nc1nc2ccccc2s1)c1ccc(-c2cccc(C(=O)NCCCN(C)C)c2)o1. The number of hydrogen-bond acceptors (Lipinski definition) is 7. The first-order valence-corrected chi connectivity index (χ1v) is 11.6. The molecule has 7 nitrogen and oxygen atoms in total. The predicted molar refractivity (Wildman–Crippen MR) is 135 cm³/mol. The van der Waals surface area contributed by atoms with Gasteiger partial charge in [-0.15, -0.1) is 0 Å². The van der Waals surface area contributed by atoms with E-state index >= 15 is 0 Å². The third kappa shape index (κ3) is 5.85. The van der Waals surface area contributed by atoms with Crippen molar-refractivity contribution >= 4 is 38.3 Å². The molecule has 33 heavy (non-hydrogen) atoms. The number of para-hydroxylation sites is 1. The largest absolute Gasteiger partial charge is 0.455 e. The minimum absolute atomic E-state index is 0.0832. The van der Waals surface area contributed by atoms with Gasteiger partial charge in [0, 0.05) is 17.7 Å². The molecular formula is C25H27N5O2S. The highest BCUT2D eigenvalue weighted by Gasteiger charge is 2.11. The molecule has 4 rings (SSSR count). The quantitative estimate of drug-likeness (QED) is 0.206. The van der Waals surface area contributed by atoms with Crippen molar-refractivity contribution in [3.63, 3.8) is 0 Å². The third-order valence-electron chi connectivity index (χ3n) is 5.05. The first kappa shape index (κ1) is 22.7. The van der Waals surface area contributed by atoms with E-state index in [1.165, 1.54) is 0 Å². The van der Waals surface area contributed by atoms with Crippen LogP contribution < -0.4 is 10.7 Å². The molecule has 0 fully saturated rings. The van der Waals surface area contributed by atoms with Crippen LogP contribution in [0.15, 0.2) is 70.2 Å². The molecule has 0 aliphatic rings. The van der Waals surface area contributed by atoms with Crippen molar-refractivity contribution < 1.29 is 9.21 Å². The number of hydrogen-bond donors (Lipinski definition) is 2. The van der Waals surface area contributed by atoms with E-state index in [2.05, 4.69) is 25.7 Å². The summed E-state index contributed by atoms with van der Waals surface area (Å²) in [7, 11) is 4.04. The zero-order chi connectivity index (χ0) is 23.2. The Kier molecular flexibility index (Phi) is 7.16. The van der Waals surface area contributed by atoms with Gasteiger partial charge in [0.2, 0.25) is 5.13 Å². The van der Waals surface area contributed by atoms with Crippen molar-refractivity contribution in [2.24, 2.45) is 5.10 Å². The molecule has 0 unspecified atom stereocenters. The van der Waals surface area contributed by atoms with Gasteiger partial charge in [-0.05, 0) is 70.4 Å². The lowest BCUT2D eigenvalue weighted by molar-refractivity contribution is 0.0952. The normalized spacial score (nSPS) is 11.8. The summed E-state index contributed by atoms with van der Waals surface area (Å²) in [6.45, 7) is 3.45. The first-order chi connectivity index (χ1) is 16.0. The Labute approximate surface area is 197 Å². The standard InChI is InChI=1S/C25H27N5O2S/c1-17(28-29-25-27-20-10-4-5-11-23(20)33-25)21-12-13-22(32-21)18-8-6-9-19(16-18)24(31)26-14-7-15-30(2)3/h4-6,8-13,16H,7,14-15H2,1-3H3,(H,26,31)(H,27,29)/b28-17-. The number of carbonyl (C=O) groups is 1. The molecule has 0 aliphatic carbocycles. The zero-order valence-electron chi connectivity index (χ0n) is 19.0. The molecule has 0 radical (unpaired) electrons. The van der Waals surface area contributed by atoms with Gasteiger partial charge in [-0.3, -0.25) is 10.2 Å². The predicted octanol–water partition coefficient (Wildman–Crippen LogP) is 5.07. The number of fused-ring (bicyclic) bond motifs is 1. The molecule has 0 bridgehead atoms. The van der Waals surface area contributed by atoms with Gasteiger partial charge in [0.15, 0.2) is 5.76 Å². The molecular weight excluding hydrogens is 434 g/mol. The Morgan fingerprint density at radius 1 is 1.12 bits per heavy atom. The molecule has 8 heteroatoms. The second-order valence-corrected chi connectivity index (χ2v) is 8.98. The number of anilines is 1. The summed E-state index contributed by atoms with van der Waals surface area (Å²) >= 11 is 1.55. The van der Waals surface area contributed by atoms with Gasteiger partial charge in [0.1, 0.15) is 11.5 Å². The van der Waals surface area contributed by atoms with Crippen LogP contribution in [-0.2, 0) is 0 Å². The summed E-state index contributed by atoms with van der Waals surface area (Å²) in [5.41, 5.74) is 6.12. The van der Waals surface area contributed by atoms with Crippen molar-refractivity contribution in [2.75, 3.05) is 32.6 Å². The highest BCUT2D eigenvalue weighted by molar-refractivity contribution is 7.22. The number of amides is 1. The molecule has 0 saturated heterocycles. The average molecular weight is 462 g/mol. The van der Waals surface area contributed by atoms with Gasteiger partial charge in [-0.25, -0.2) is 4.98 Å². The number of nitrogens with one attached hydrogen (secondary N) is 2. The summed E-state index contributed by atoms with van der Waals surface area (Å²) in [5, 5.41) is 8.12. The first-order valence-electron chi connectivity index (χ1n) is 10.8. The number of carbonyl (C=O) groups excluding carboxylic acids is 1. The lowest BCUT2D eigenvalue weighted by Gasteiger charge is -2.10. The molecule has 0 atom stereocenters. The summed E-state index contributed by atoms with van der Waals surface area (Å²) in [6, 6.07) is 19.2. The third-order valence-corrected chi connectivity index (χ3v) is 5.99. The second kappa shape index (κ2) is 10.4. The van der Waals surface area contributed by atoms with Crippen LogP contribution in [0.5, 0.6) is 0 Å². The van der Waals surface area contributed by atoms with E-state index in [0.29, 0.717) is 29.3 Å². The van der Waals surface area contributed by atoms with Crippen molar-refractivity contribution in [3.05, 3.63) is 72.0 Å². The van der Waals surface area contributed by atoms with Gasteiger partial charge in [0.25, 0.3) is 5.91 Å². The van der Waals surface area contributed by atoms with E-state index in [9.17, 15) is 4.79 Å². The molecule has 0 spiro atoms. The fraction of sp³-hybridized carbons (Fsp3) is 0.240. The number of aromatic nitrogens is 1. The van der Waals surface area contributed by atoms with E-state index in [0.717, 1.165) is 33.9 Å². The Morgan fingerprint density at radius 3 is 2.79 bits per heavy atom. The molecule has 0 aliphatic heterocycles. The van der Waals surface area contributed by atoms with Crippen molar-refractivity contribution in [3.8, 4) is 11.3 Å². The maximum Gasteiger partial charge on any atom is 0.251 e. The highest BCUT2D eigenvalue weighted by atomic mass is 32.1. The molecule has 1 amide bonds. The van der Waals surface area contributed by atoms with Crippen LogP contribution in [0.3, 0.4) is 0 Å². The van der Waals surface area contributed by atoms with Crippen LogP contribution in [0.4, 0.5) is 5.13 Å². The van der Waals surface area contributed by atoms with Crippen LogP contribution in [0.1, 0.15) is 29.5 Å². The van der Waals surface area contributed by atoms with Crippen molar-refractivity contribution in [2.45, 2.75) is 13.3 Å². The zero-order valence-corrected chi connectivity index (χ0v) is 19.8. The van der Waals surface area contributed by atoms with Crippen molar-refractivity contribution in [1.82, 2.24) is 15.2 Å². The number of furan rings is 1. The van der Waals surface area contributed by atoms with E-state index in [1.54, 1.807) is 11.3 Å². The van der Waals surface area contributed by atoms with Crippen LogP contribution in [0.25, 0.3) is 21.5 Å². The molecule has 2 heterocycles. The summed E-state index contributed by atoms with van der Waals surface area (Å²) in [6.07, 6.45) is 0.906. The van der Waals surface area contributed by atoms with E-state index in [-0.39, 0.29) is 5.91 Å². The molecule has 4 aromatic rings. The minimum Gasteiger partial charge on any atom is -0.455 e. The van der Waals surface area contributed by atoms with Crippen LogP contribution >= 0.6 is 11.3 Å². The average Bonchev–Trinajstić information content (AvgIpc) is 3.47. The smallest absolute Gasteiger partial charge is 0.251 e. The second-order valence-electron chi connectivity index (χ2n) is 7.95. The molecule has 2 aromatic carbocycles. The molecule has 0 saturated carbocycles. The van der Waals surface area contributed by atoms with Gasteiger partial charge >= 0.3 is 0 Å². The van der Waals surface area contributed by atoms with Gasteiger partial charge in [-0.1, -0.05) is 35.6 Å². The highest BCUT2D eigenvalue weighted by Crippen LogP contribution is 2.26. The van der Waals surface area contributed by atoms with Gasteiger partial charge < -0.3 is 14.6 Å². The van der Waals surface area contributed by atoms with Crippen LogP contribution in [0, 0.1) is 0 Å². The summed E-state index contributed by atoms with van der Waals surface area (Å²) in [5.74, 6) is 1.25. The Bertz CT molecular complexity index is 1240.